The molecule has 1 aliphatic heterocycles. The molecule has 3 aromatic carbocycles. The van der Waals surface area contributed by atoms with E-state index in [9.17, 15) is 22.8 Å². The number of carbonyl (C=O) groups excluding carboxylic acids is 2. The van der Waals surface area contributed by atoms with Crippen molar-refractivity contribution in [3.8, 4) is 11.3 Å². The molecule has 1 unspecified atom stereocenters. The van der Waals surface area contributed by atoms with Crippen LogP contribution in [0.3, 0.4) is 0 Å². The Morgan fingerprint density at radius 2 is 1.68 bits per heavy atom. The van der Waals surface area contributed by atoms with Gasteiger partial charge in [0.05, 0.1) is 29.6 Å². The third kappa shape index (κ3) is 6.16. The fraction of sp³-hybridized carbons (Fsp3) is 0.233. The highest BCUT2D eigenvalue weighted by Gasteiger charge is 2.42. The largest absolute Gasteiger partial charge is 0.451 e. The van der Waals surface area contributed by atoms with Crippen molar-refractivity contribution in [1.82, 2.24) is 20.6 Å². The maximum atomic E-state index is 14.1. The number of nitrogens with one attached hydrogen (secondary N) is 2. The van der Waals surface area contributed by atoms with Crippen LogP contribution in [0.25, 0.3) is 22.2 Å². The summed E-state index contributed by atoms with van der Waals surface area (Å²) in [5.74, 6) is -0.632. The Bertz CT molecular complexity index is 1530. The molecule has 5 rings (SSSR count). The molecular weight excluding hydrogens is 535 g/mol. The van der Waals surface area contributed by atoms with E-state index in [1.807, 2.05) is 30.3 Å². The molecule has 1 saturated heterocycles. The maximum Gasteiger partial charge on any atom is 0.433 e. The number of hydrogen-bond acceptors (Lipinski definition) is 6. The summed E-state index contributed by atoms with van der Waals surface area (Å²) in [6.07, 6.45) is -5.23. The number of hydrogen-bond donors (Lipinski definition) is 2. The molecule has 11 heteroatoms. The molecule has 0 bridgehead atoms. The van der Waals surface area contributed by atoms with Crippen LogP contribution < -0.4 is 15.8 Å². The van der Waals surface area contributed by atoms with Crippen molar-refractivity contribution in [3.63, 3.8) is 0 Å². The lowest BCUT2D eigenvalue weighted by molar-refractivity contribution is -0.165. The number of benzene rings is 3. The van der Waals surface area contributed by atoms with E-state index < -0.39 is 24.2 Å². The Labute approximate surface area is 234 Å². The average Bonchev–Trinajstić information content (AvgIpc) is 2.99. The van der Waals surface area contributed by atoms with Crippen molar-refractivity contribution in [2.75, 3.05) is 31.8 Å². The molecule has 4 aromatic rings. The molecule has 2 amide bonds. The van der Waals surface area contributed by atoms with Gasteiger partial charge in [-0.25, -0.2) is 9.78 Å². The Balaban J connectivity index is 1.65. The summed E-state index contributed by atoms with van der Waals surface area (Å²) in [7, 11) is 1.20. The third-order valence-corrected chi connectivity index (χ3v) is 6.89. The molecule has 0 aliphatic carbocycles. The molecular formula is C30H28F3N5O3. The van der Waals surface area contributed by atoms with Crippen molar-refractivity contribution >= 4 is 28.6 Å². The summed E-state index contributed by atoms with van der Waals surface area (Å²) in [6.45, 7) is 0.219. The normalized spacial score (nSPS) is 15.9. The molecule has 212 valence electrons. The fourth-order valence-electron chi connectivity index (χ4n) is 4.94. The number of halogens is 3. The number of hydrazine groups is 1. The number of amides is 2. The van der Waals surface area contributed by atoms with E-state index in [2.05, 4.69) is 10.7 Å². The van der Waals surface area contributed by atoms with Crippen molar-refractivity contribution in [1.29, 1.82) is 0 Å². The minimum absolute atomic E-state index is 0.0304. The predicted octanol–water partition coefficient (Wildman–Crippen LogP) is 5.16. The van der Waals surface area contributed by atoms with Gasteiger partial charge in [-0.1, -0.05) is 66.7 Å². The molecule has 41 heavy (non-hydrogen) atoms. The molecule has 2 heterocycles. The number of alkyl halides is 3. The first-order chi connectivity index (χ1) is 19.8. The minimum atomic E-state index is -4.42. The van der Waals surface area contributed by atoms with E-state index >= 15 is 0 Å². The predicted molar refractivity (Wildman–Crippen MR) is 149 cm³/mol. The number of methoxy groups -OCH3 is 1. The minimum Gasteiger partial charge on any atom is -0.451 e. The smallest absolute Gasteiger partial charge is 0.433 e. The van der Waals surface area contributed by atoms with Gasteiger partial charge in [-0.05, 0) is 18.2 Å². The lowest BCUT2D eigenvalue weighted by atomic mass is 9.95. The number of rotatable bonds is 5. The van der Waals surface area contributed by atoms with Crippen molar-refractivity contribution < 1.29 is 27.5 Å². The number of aromatic nitrogens is 1. The van der Waals surface area contributed by atoms with Gasteiger partial charge in [0.2, 0.25) is 0 Å². The Hall–Kier alpha value is -4.48. The van der Waals surface area contributed by atoms with E-state index in [1.165, 1.54) is 7.11 Å². The van der Waals surface area contributed by atoms with Gasteiger partial charge in [0.1, 0.15) is 6.04 Å². The number of ether oxygens (including phenoxy) is 1. The third-order valence-electron chi connectivity index (χ3n) is 6.89. The van der Waals surface area contributed by atoms with Crippen LogP contribution in [0.15, 0.2) is 84.9 Å². The SMILES string of the molecule is COC(=O)N(NC(=O)c1c(CN2CCNC(C(F)(F)F)C2)c(-c2ccccc2)nc2ccccc12)c1ccccc1. The van der Waals surface area contributed by atoms with E-state index in [4.69, 9.17) is 9.72 Å². The van der Waals surface area contributed by atoms with Crippen LogP contribution in [-0.4, -0.2) is 60.8 Å². The van der Waals surface area contributed by atoms with E-state index in [1.54, 1.807) is 59.5 Å². The monoisotopic (exact) mass is 563 g/mol. The first kappa shape index (κ1) is 28.1. The van der Waals surface area contributed by atoms with E-state index in [-0.39, 0.29) is 25.2 Å². The van der Waals surface area contributed by atoms with Crippen molar-refractivity contribution in [2.24, 2.45) is 0 Å². The molecule has 0 saturated carbocycles. The van der Waals surface area contributed by atoms with Crippen LogP contribution >= 0.6 is 0 Å². The second kappa shape index (κ2) is 11.9. The van der Waals surface area contributed by atoms with Crippen molar-refractivity contribution in [2.45, 2.75) is 18.8 Å². The number of pyridine rings is 1. The maximum absolute atomic E-state index is 14.1. The van der Waals surface area contributed by atoms with Crippen LogP contribution in [0, 0.1) is 0 Å². The molecule has 0 radical (unpaired) electrons. The summed E-state index contributed by atoms with van der Waals surface area (Å²) in [6, 6.07) is 23.0. The zero-order chi connectivity index (χ0) is 29.0. The van der Waals surface area contributed by atoms with Crippen LogP contribution in [0.5, 0.6) is 0 Å². The molecule has 2 N–H and O–H groups in total. The van der Waals surface area contributed by atoms with Crippen LogP contribution in [0.4, 0.5) is 23.7 Å². The van der Waals surface area contributed by atoms with E-state index in [0.717, 1.165) is 5.01 Å². The Morgan fingerprint density at radius 3 is 2.37 bits per heavy atom. The second-order valence-corrected chi connectivity index (χ2v) is 9.56. The van der Waals surface area contributed by atoms with Gasteiger partial charge in [-0.2, -0.15) is 18.2 Å². The van der Waals surface area contributed by atoms with Crippen molar-refractivity contribution in [3.05, 3.63) is 96.1 Å². The zero-order valence-corrected chi connectivity index (χ0v) is 22.2. The standard InChI is InChI=1S/C30H28F3N5O3/c1-41-29(40)38(21-12-6-3-7-13-21)36-28(39)26-22-14-8-9-15-24(22)35-27(20-10-4-2-5-11-20)23(26)18-37-17-16-34-25(19-37)30(31,32)33/h2-15,25,34H,16-19H2,1H3,(H,36,39). The molecule has 8 nitrogen and oxygen atoms in total. The highest BCUT2D eigenvalue weighted by molar-refractivity contribution is 6.10. The highest BCUT2D eigenvalue weighted by atomic mass is 19.4. The molecule has 1 atom stereocenters. The van der Waals surface area contributed by atoms with Gasteiger partial charge in [0.25, 0.3) is 5.91 Å². The summed E-state index contributed by atoms with van der Waals surface area (Å²) >= 11 is 0. The van der Waals surface area contributed by atoms with Gasteiger partial charge < -0.3 is 10.1 Å². The van der Waals surface area contributed by atoms with Gasteiger partial charge in [0.15, 0.2) is 0 Å². The Morgan fingerprint density at radius 1 is 1.02 bits per heavy atom. The summed E-state index contributed by atoms with van der Waals surface area (Å²) in [5, 5.41) is 4.03. The summed E-state index contributed by atoms with van der Waals surface area (Å²) < 4.78 is 45.8. The number of para-hydroxylation sites is 2. The number of piperazine rings is 1. The highest BCUT2D eigenvalue weighted by Crippen LogP contribution is 2.33. The van der Waals surface area contributed by atoms with Gasteiger partial charge in [0, 0.05) is 42.7 Å². The first-order valence-electron chi connectivity index (χ1n) is 13.0. The second-order valence-electron chi connectivity index (χ2n) is 9.56. The first-order valence-corrected chi connectivity index (χ1v) is 13.0. The number of carbonyl (C=O) groups is 2. The molecule has 0 spiro atoms. The molecule has 1 aliphatic rings. The van der Waals surface area contributed by atoms with Gasteiger partial charge >= 0.3 is 12.3 Å². The number of anilines is 1. The zero-order valence-electron chi connectivity index (χ0n) is 22.2. The lowest BCUT2D eigenvalue weighted by Gasteiger charge is -2.35. The topological polar surface area (TPSA) is 86.8 Å². The summed E-state index contributed by atoms with van der Waals surface area (Å²) in [4.78, 5) is 33.4. The van der Waals surface area contributed by atoms with E-state index in [0.29, 0.717) is 40.0 Å². The lowest BCUT2D eigenvalue weighted by Crippen LogP contribution is -2.56. The average molecular weight is 564 g/mol. The molecule has 1 fully saturated rings. The summed E-state index contributed by atoms with van der Waals surface area (Å²) in [5.41, 5.74) is 5.40. The fourth-order valence-corrected chi connectivity index (χ4v) is 4.94. The van der Waals surface area contributed by atoms with Gasteiger partial charge in [-0.15, -0.1) is 0 Å². The van der Waals surface area contributed by atoms with Crippen LogP contribution in [-0.2, 0) is 11.3 Å². The van der Waals surface area contributed by atoms with Gasteiger partial charge in [-0.3, -0.25) is 15.1 Å². The number of nitrogens with zero attached hydrogens (tertiary/aromatic N) is 3. The Kier molecular flexibility index (Phi) is 8.18. The number of fused-ring (bicyclic) bond motifs is 1. The molecule has 1 aromatic heterocycles. The van der Waals surface area contributed by atoms with Crippen LogP contribution in [0.2, 0.25) is 0 Å². The quantitative estimate of drug-likeness (QED) is 0.327. The van der Waals surface area contributed by atoms with Crippen LogP contribution in [0.1, 0.15) is 15.9 Å².